The Kier molecular flexibility index (Phi) is 11.1. The number of halogens is 1. The predicted octanol–water partition coefficient (Wildman–Crippen LogP) is 2.01. The Hall–Kier alpha value is -1.07. The molecule has 0 aromatic carbocycles. The predicted molar refractivity (Wildman–Crippen MR) is 127 cm³/mol. The van der Waals surface area contributed by atoms with Gasteiger partial charge in [0.15, 0.2) is 5.96 Å². The van der Waals surface area contributed by atoms with E-state index in [-0.39, 0.29) is 24.0 Å². The van der Waals surface area contributed by atoms with E-state index in [4.69, 9.17) is 9.47 Å². The van der Waals surface area contributed by atoms with Crippen molar-refractivity contribution in [2.75, 3.05) is 58.0 Å². The number of anilines is 1. The van der Waals surface area contributed by atoms with Crippen LogP contribution < -0.4 is 15.5 Å². The van der Waals surface area contributed by atoms with Crippen molar-refractivity contribution >= 4 is 35.6 Å². The molecule has 2 fully saturated rings. The lowest BCUT2D eigenvalue weighted by Gasteiger charge is -2.34. The topological polar surface area (TPSA) is 75.9 Å². The van der Waals surface area contributed by atoms with Crippen molar-refractivity contribution in [3.8, 4) is 0 Å². The molecule has 8 nitrogen and oxygen atoms in total. The first-order chi connectivity index (χ1) is 13.7. The van der Waals surface area contributed by atoms with Crippen LogP contribution >= 0.6 is 24.0 Å². The van der Waals surface area contributed by atoms with Crippen molar-refractivity contribution in [1.29, 1.82) is 0 Å². The molecule has 2 aliphatic rings. The van der Waals surface area contributed by atoms with Crippen LogP contribution in [0, 0.1) is 5.92 Å². The first-order valence-corrected chi connectivity index (χ1v) is 10.6. The second-order valence-corrected chi connectivity index (χ2v) is 7.78. The van der Waals surface area contributed by atoms with Crippen molar-refractivity contribution in [1.82, 2.24) is 20.4 Å². The minimum Gasteiger partial charge on any atom is -0.381 e. The van der Waals surface area contributed by atoms with E-state index in [0.717, 1.165) is 77.7 Å². The van der Waals surface area contributed by atoms with Gasteiger partial charge in [0.1, 0.15) is 0 Å². The summed E-state index contributed by atoms with van der Waals surface area (Å²) < 4.78 is 13.1. The van der Waals surface area contributed by atoms with Gasteiger partial charge in [-0.05, 0) is 38.0 Å². The molecule has 0 bridgehead atoms. The molecule has 0 spiro atoms. The quantitative estimate of drug-likeness (QED) is 0.237. The van der Waals surface area contributed by atoms with Crippen molar-refractivity contribution in [2.45, 2.75) is 38.1 Å². The largest absolute Gasteiger partial charge is 0.381 e. The van der Waals surface area contributed by atoms with Crippen LogP contribution in [0.3, 0.4) is 0 Å². The molecule has 0 amide bonds. The lowest BCUT2D eigenvalue weighted by molar-refractivity contribution is 0.0203. The number of guanidine groups is 1. The molecular weight excluding hydrogens is 483 g/mol. The van der Waals surface area contributed by atoms with Gasteiger partial charge in [-0.1, -0.05) is 0 Å². The van der Waals surface area contributed by atoms with Crippen LogP contribution in [0.25, 0.3) is 0 Å². The SMILES string of the molecule is CN=C(NCCCOCC1CCOCC1)NC1CCCN(c2cnn(C)c2)C1.I. The monoisotopic (exact) mass is 520 g/mol. The molecule has 3 rings (SSSR count). The maximum absolute atomic E-state index is 5.83. The third kappa shape index (κ3) is 8.29. The summed E-state index contributed by atoms with van der Waals surface area (Å²) in [7, 11) is 3.79. The molecule has 2 saturated heterocycles. The number of ether oxygens (including phenoxy) is 2. The van der Waals surface area contributed by atoms with Crippen LogP contribution in [0.15, 0.2) is 17.4 Å². The molecule has 3 heterocycles. The Balaban J connectivity index is 0.00000300. The summed E-state index contributed by atoms with van der Waals surface area (Å²) in [6.45, 7) is 6.35. The van der Waals surface area contributed by atoms with Gasteiger partial charge in [0, 0.05) is 72.4 Å². The second kappa shape index (κ2) is 13.3. The highest BCUT2D eigenvalue weighted by Gasteiger charge is 2.21. The van der Waals surface area contributed by atoms with Gasteiger partial charge in [-0.3, -0.25) is 9.67 Å². The number of aliphatic imine (C=N–C) groups is 1. The molecule has 1 atom stereocenters. The molecule has 0 radical (unpaired) electrons. The molecule has 1 aromatic rings. The number of aromatic nitrogens is 2. The van der Waals surface area contributed by atoms with Crippen LogP contribution in [0.4, 0.5) is 5.69 Å². The van der Waals surface area contributed by atoms with Crippen molar-refractivity contribution in [3.63, 3.8) is 0 Å². The third-order valence-electron chi connectivity index (χ3n) is 5.49. The molecule has 29 heavy (non-hydrogen) atoms. The summed E-state index contributed by atoms with van der Waals surface area (Å²) in [5.41, 5.74) is 1.19. The minimum atomic E-state index is 0. The van der Waals surface area contributed by atoms with Crippen LogP contribution in [0.1, 0.15) is 32.1 Å². The van der Waals surface area contributed by atoms with E-state index < -0.39 is 0 Å². The first kappa shape index (κ1) is 24.2. The highest BCUT2D eigenvalue weighted by atomic mass is 127. The Morgan fingerprint density at radius 1 is 1.34 bits per heavy atom. The number of piperidine rings is 1. The third-order valence-corrected chi connectivity index (χ3v) is 5.49. The smallest absolute Gasteiger partial charge is 0.191 e. The maximum atomic E-state index is 5.83. The van der Waals surface area contributed by atoms with E-state index in [2.05, 4.69) is 31.8 Å². The van der Waals surface area contributed by atoms with Crippen molar-refractivity contribution < 1.29 is 9.47 Å². The number of nitrogens with zero attached hydrogens (tertiary/aromatic N) is 4. The number of aryl methyl sites for hydroxylation is 1. The molecule has 0 aliphatic carbocycles. The van der Waals surface area contributed by atoms with Gasteiger partial charge < -0.3 is 25.0 Å². The normalized spacial score (nSPS) is 21.0. The fourth-order valence-corrected chi connectivity index (χ4v) is 3.83. The van der Waals surface area contributed by atoms with E-state index in [1.165, 1.54) is 12.1 Å². The molecule has 1 unspecified atom stereocenters. The number of rotatable bonds is 8. The average molecular weight is 520 g/mol. The zero-order chi connectivity index (χ0) is 19.6. The van der Waals surface area contributed by atoms with Gasteiger partial charge in [-0.15, -0.1) is 24.0 Å². The average Bonchev–Trinajstić information content (AvgIpc) is 3.17. The van der Waals surface area contributed by atoms with E-state index in [0.29, 0.717) is 12.0 Å². The fourth-order valence-electron chi connectivity index (χ4n) is 3.83. The Morgan fingerprint density at radius 2 is 2.17 bits per heavy atom. The Bertz CT molecular complexity index is 606. The highest BCUT2D eigenvalue weighted by molar-refractivity contribution is 14.0. The summed E-state index contributed by atoms with van der Waals surface area (Å²) in [4.78, 5) is 6.77. The van der Waals surface area contributed by atoms with Crippen LogP contribution in [-0.4, -0.2) is 74.9 Å². The zero-order valence-corrected chi connectivity index (χ0v) is 20.1. The maximum Gasteiger partial charge on any atom is 0.191 e. The van der Waals surface area contributed by atoms with E-state index in [9.17, 15) is 0 Å². The van der Waals surface area contributed by atoms with E-state index in [1.807, 2.05) is 25.0 Å². The summed E-state index contributed by atoms with van der Waals surface area (Å²) in [6, 6.07) is 0.393. The molecule has 1 aromatic heterocycles. The number of nitrogens with one attached hydrogen (secondary N) is 2. The molecule has 2 aliphatic heterocycles. The molecule has 166 valence electrons. The lowest BCUT2D eigenvalue weighted by atomic mass is 10.0. The van der Waals surface area contributed by atoms with Crippen LogP contribution in [0.5, 0.6) is 0 Å². The highest BCUT2D eigenvalue weighted by Crippen LogP contribution is 2.19. The van der Waals surface area contributed by atoms with E-state index in [1.54, 1.807) is 0 Å². The van der Waals surface area contributed by atoms with Gasteiger partial charge in [0.2, 0.25) is 0 Å². The van der Waals surface area contributed by atoms with Gasteiger partial charge in [0.25, 0.3) is 0 Å². The standard InChI is InChI=1S/C20H36N6O2.HI/c1-21-20(22-8-4-10-28-16-17-6-11-27-12-7-17)24-18-5-3-9-26(14-18)19-13-23-25(2)15-19;/h13,15,17-18H,3-12,14,16H2,1-2H3,(H2,21,22,24);1H. The van der Waals surface area contributed by atoms with E-state index >= 15 is 0 Å². The summed E-state index contributed by atoms with van der Waals surface area (Å²) in [5.74, 6) is 1.55. The van der Waals surface area contributed by atoms with Gasteiger partial charge in [0.05, 0.1) is 11.9 Å². The molecular formula is C20H37IN6O2. The van der Waals surface area contributed by atoms with Crippen LogP contribution in [-0.2, 0) is 16.5 Å². The first-order valence-electron chi connectivity index (χ1n) is 10.6. The Morgan fingerprint density at radius 3 is 2.90 bits per heavy atom. The number of hydrogen-bond donors (Lipinski definition) is 2. The van der Waals surface area contributed by atoms with Gasteiger partial charge in [-0.25, -0.2) is 0 Å². The zero-order valence-electron chi connectivity index (χ0n) is 17.8. The summed E-state index contributed by atoms with van der Waals surface area (Å²) in [6.07, 6.45) is 9.59. The number of hydrogen-bond acceptors (Lipinski definition) is 5. The van der Waals surface area contributed by atoms with Gasteiger partial charge >= 0.3 is 0 Å². The minimum absolute atomic E-state index is 0. The lowest BCUT2D eigenvalue weighted by Crippen LogP contribution is -2.51. The molecule has 9 heteroatoms. The fraction of sp³-hybridized carbons (Fsp3) is 0.800. The summed E-state index contributed by atoms with van der Waals surface area (Å²) in [5, 5.41) is 11.3. The Labute approximate surface area is 191 Å². The van der Waals surface area contributed by atoms with Gasteiger partial charge in [-0.2, -0.15) is 5.10 Å². The second-order valence-electron chi connectivity index (χ2n) is 7.78. The molecule has 2 N–H and O–H groups in total. The summed E-state index contributed by atoms with van der Waals surface area (Å²) >= 11 is 0. The van der Waals surface area contributed by atoms with Crippen LogP contribution in [0.2, 0.25) is 0 Å². The van der Waals surface area contributed by atoms with Crippen molar-refractivity contribution in [2.24, 2.45) is 18.0 Å². The van der Waals surface area contributed by atoms with Crippen molar-refractivity contribution in [3.05, 3.63) is 12.4 Å². The molecule has 0 saturated carbocycles.